The zero-order chi connectivity index (χ0) is 13.7. The molecule has 3 nitrogen and oxygen atoms in total. The van der Waals surface area contributed by atoms with E-state index in [0.717, 1.165) is 25.7 Å². The summed E-state index contributed by atoms with van der Waals surface area (Å²) in [4.78, 5) is 11.7. The number of aryl methyl sites for hydroxylation is 1. The molecule has 104 valence electrons. The summed E-state index contributed by atoms with van der Waals surface area (Å²) in [6.07, 6.45) is 4.46. The first-order valence-corrected chi connectivity index (χ1v) is 7.11. The zero-order valence-electron chi connectivity index (χ0n) is 11.6. The van der Waals surface area contributed by atoms with Gasteiger partial charge in [0, 0.05) is 13.0 Å². The summed E-state index contributed by atoms with van der Waals surface area (Å²) in [6.45, 7) is 2.19. The molecule has 1 amide bonds. The molecule has 2 rings (SSSR count). The smallest absolute Gasteiger partial charge is 0.220 e. The highest BCUT2D eigenvalue weighted by Gasteiger charge is 2.39. The second-order valence-electron chi connectivity index (χ2n) is 5.75. The van der Waals surface area contributed by atoms with Crippen LogP contribution in [0, 0.1) is 5.92 Å². The maximum Gasteiger partial charge on any atom is 0.220 e. The van der Waals surface area contributed by atoms with Gasteiger partial charge in [-0.25, -0.2) is 0 Å². The Hall–Kier alpha value is -1.35. The van der Waals surface area contributed by atoms with Crippen LogP contribution in [-0.2, 0) is 11.2 Å². The van der Waals surface area contributed by atoms with Gasteiger partial charge in [-0.05, 0) is 44.1 Å². The molecule has 1 atom stereocenters. The highest BCUT2D eigenvalue weighted by Crippen LogP contribution is 2.38. The number of aliphatic hydroxyl groups is 1. The Morgan fingerprint density at radius 1 is 1.37 bits per heavy atom. The van der Waals surface area contributed by atoms with E-state index in [1.165, 1.54) is 5.56 Å². The van der Waals surface area contributed by atoms with Crippen molar-refractivity contribution in [2.75, 3.05) is 6.54 Å². The van der Waals surface area contributed by atoms with Gasteiger partial charge in [-0.15, -0.1) is 0 Å². The highest BCUT2D eigenvalue weighted by molar-refractivity contribution is 5.75. The van der Waals surface area contributed by atoms with Crippen molar-refractivity contribution in [1.29, 1.82) is 0 Å². The fourth-order valence-corrected chi connectivity index (χ4v) is 2.31. The van der Waals surface area contributed by atoms with E-state index in [0.29, 0.717) is 18.9 Å². The number of hydrogen-bond donors (Lipinski definition) is 2. The minimum atomic E-state index is -0.727. The predicted molar refractivity (Wildman–Crippen MR) is 75.7 cm³/mol. The summed E-state index contributed by atoms with van der Waals surface area (Å²) in [6, 6.07) is 10.2. The van der Waals surface area contributed by atoms with Crippen LogP contribution in [0.15, 0.2) is 30.3 Å². The number of amides is 1. The summed E-state index contributed by atoms with van der Waals surface area (Å²) in [7, 11) is 0. The second-order valence-corrected chi connectivity index (χ2v) is 5.75. The molecule has 1 aliphatic carbocycles. The molecule has 0 saturated heterocycles. The van der Waals surface area contributed by atoms with Gasteiger partial charge in [0.2, 0.25) is 5.91 Å². The molecule has 0 radical (unpaired) electrons. The van der Waals surface area contributed by atoms with Gasteiger partial charge in [-0.1, -0.05) is 30.3 Å². The third-order valence-corrected chi connectivity index (χ3v) is 3.81. The molecular weight excluding hydrogens is 238 g/mol. The van der Waals surface area contributed by atoms with E-state index in [1.807, 2.05) is 25.1 Å². The van der Waals surface area contributed by atoms with Crippen molar-refractivity contribution >= 4 is 5.91 Å². The Kier molecular flexibility index (Phi) is 4.59. The van der Waals surface area contributed by atoms with Crippen LogP contribution >= 0.6 is 0 Å². The average molecular weight is 261 g/mol. The molecule has 0 bridgehead atoms. The normalized spacial score (nSPS) is 17.8. The number of carbonyl (C=O) groups excluding carboxylic acids is 1. The van der Waals surface area contributed by atoms with Gasteiger partial charge in [0.05, 0.1) is 5.60 Å². The first kappa shape index (κ1) is 14.1. The van der Waals surface area contributed by atoms with E-state index in [1.54, 1.807) is 0 Å². The quantitative estimate of drug-likeness (QED) is 0.791. The zero-order valence-corrected chi connectivity index (χ0v) is 11.6. The van der Waals surface area contributed by atoms with Gasteiger partial charge in [0.1, 0.15) is 0 Å². The molecular formula is C16H23NO2. The third-order valence-electron chi connectivity index (χ3n) is 3.81. The topological polar surface area (TPSA) is 49.3 Å². The fraction of sp³-hybridized carbons (Fsp3) is 0.562. The first-order valence-electron chi connectivity index (χ1n) is 7.11. The van der Waals surface area contributed by atoms with Gasteiger partial charge in [0.15, 0.2) is 0 Å². The van der Waals surface area contributed by atoms with E-state index in [2.05, 4.69) is 17.4 Å². The minimum Gasteiger partial charge on any atom is -0.388 e. The summed E-state index contributed by atoms with van der Waals surface area (Å²) in [5, 5.41) is 12.9. The van der Waals surface area contributed by atoms with Crippen LogP contribution in [0.5, 0.6) is 0 Å². The van der Waals surface area contributed by atoms with Gasteiger partial charge in [-0.2, -0.15) is 0 Å². The van der Waals surface area contributed by atoms with Crippen LogP contribution in [0.3, 0.4) is 0 Å². The second kappa shape index (κ2) is 6.20. The molecule has 1 unspecified atom stereocenters. The Balaban J connectivity index is 1.62. The highest BCUT2D eigenvalue weighted by atomic mass is 16.3. The Morgan fingerprint density at radius 2 is 2.05 bits per heavy atom. The van der Waals surface area contributed by atoms with Crippen molar-refractivity contribution in [3.8, 4) is 0 Å². The monoisotopic (exact) mass is 261 g/mol. The first-order chi connectivity index (χ1) is 9.08. The lowest BCUT2D eigenvalue weighted by Crippen LogP contribution is -2.42. The minimum absolute atomic E-state index is 0.0388. The maximum atomic E-state index is 11.7. The van der Waals surface area contributed by atoms with E-state index in [9.17, 15) is 9.90 Å². The van der Waals surface area contributed by atoms with E-state index in [-0.39, 0.29) is 5.91 Å². The standard InChI is InChI=1S/C16H23NO2/c1-16(19,14-10-11-14)12-17-15(18)9-5-8-13-6-3-2-4-7-13/h2-4,6-7,14,19H,5,8-12H2,1H3,(H,17,18). The number of nitrogens with one attached hydrogen (secondary N) is 1. The number of benzene rings is 1. The van der Waals surface area contributed by atoms with Crippen molar-refractivity contribution in [3.63, 3.8) is 0 Å². The van der Waals surface area contributed by atoms with Crippen molar-refractivity contribution < 1.29 is 9.90 Å². The van der Waals surface area contributed by atoms with Gasteiger partial charge < -0.3 is 10.4 Å². The molecule has 1 saturated carbocycles. The van der Waals surface area contributed by atoms with Gasteiger partial charge >= 0.3 is 0 Å². The summed E-state index contributed by atoms with van der Waals surface area (Å²) in [5.74, 6) is 0.411. The van der Waals surface area contributed by atoms with Gasteiger partial charge in [0.25, 0.3) is 0 Å². The summed E-state index contributed by atoms with van der Waals surface area (Å²) in [5.41, 5.74) is 0.537. The Morgan fingerprint density at radius 3 is 2.68 bits per heavy atom. The number of hydrogen-bond acceptors (Lipinski definition) is 2. The van der Waals surface area contributed by atoms with Gasteiger partial charge in [-0.3, -0.25) is 4.79 Å². The lowest BCUT2D eigenvalue weighted by Gasteiger charge is -2.23. The molecule has 2 N–H and O–H groups in total. The lowest BCUT2D eigenvalue weighted by molar-refractivity contribution is -0.122. The van der Waals surface area contributed by atoms with Crippen LogP contribution in [0.25, 0.3) is 0 Å². The summed E-state index contributed by atoms with van der Waals surface area (Å²) >= 11 is 0. The van der Waals surface area contributed by atoms with Crippen molar-refractivity contribution in [3.05, 3.63) is 35.9 Å². The molecule has 0 spiro atoms. The number of rotatable bonds is 7. The van der Waals surface area contributed by atoms with Crippen LogP contribution in [0.4, 0.5) is 0 Å². The molecule has 1 aromatic carbocycles. The molecule has 1 fully saturated rings. The molecule has 19 heavy (non-hydrogen) atoms. The maximum absolute atomic E-state index is 11.7. The molecule has 0 heterocycles. The largest absolute Gasteiger partial charge is 0.388 e. The van der Waals surface area contributed by atoms with Crippen molar-refractivity contribution in [2.45, 2.75) is 44.6 Å². The van der Waals surface area contributed by atoms with Crippen molar-refractivity contribution in [1.82, 2.24) is 5.32 Å². The predicted octanol–water partition coefficient (Wildman–Crippen LogP) is 2.29. The van der Waals surface area contributed by atoms with Crippen molar-refractivity contribution in [2.24, 2.45) is 5.92 Å². The average Bonchev–Trinajstić information content (AvgIpc) is 3.22. The molecule has 0 aliphatic heterocycles. The fourth-order valence-electron chi connectivity index (χ4n) is 2.31. The molecule has 1 aliphatic rings. The van der Waals surface area contributed by atoms with E-state index >= 15 is 0 Å². The van der Waals surface area contributed by atoms with Crippen LogP contribution < -0.4 is 5.32 Å². The summed E-state index contributed by atoms with van der Waals surface area (Å²) < 4.78 is 0. The molecule has 1 aromatic rings. The SMILES string of the molecule is CC(O)(CNC(=O)CCCc1ccccc1)C1CC1. The van der Waals surface area contributed by atoms with Crippen LogP contribution in [-0.4, -0.2) is 23.2 Å². The third kappa shape index (κ3) is 4.67. The van der Waals surface area contributed by atoms with Crippen LogP contribution in [0.2, 0.25) is 0 Å². The van der Waals surface area contributed by atoms with Crippen LogP contribution in [0.1, 0.15) is 38.2 Å². The lowest BCUT2D eigenvalue weighted by atomic mass is 10.0. The van der Waals surface area contributed by atoms with E-state index in [4.69, 9.17) is 0 Å². The number of carbonyl (C=O) groups is 1. The Bertz CT molecular complexity index is 410. The van der Waals surface area contributed by atoms with E-state index < -0.39 is 5.60 Å². The molecule has 3 heteroatoms. The molecule has 0 aromatic heterocycles. The Labute approximate surface area is 115 Å².